The summed E-state index contributed by atoms with van der Waals surface area (Å²) in [6, 6.07) is 4.21. The number of rotatable bonds is 4. The maximum Gasteiger partial charge on any atom is 0.387 e. The fourth-order valence-corrected chi connectivity index (χ4v) is 2.22. The van der Waals surface area contributed by atoms with Crippen LogP contribution in [0.1, 0.15) is 5.56 Å². The molecule has 1 aliphatic rings. The Morgan fingerprint density at radius 3 is 2.60 bits per heavy atom. The fourth-order valence-electron chi connectivity index (χ4n) is 1.54. The number of hydrogen-bond acceptors (Lipinski definition) is 5. The van der Waals surface area contributed by atoms with Crippen molar-refractivity contribution in [2.75, 3.05) is 7.11 Å². The van der Waals surface area contributed by atoms with Gasteiger partial charge in [0.05, 0.1) is 12.0 Å². The van der Waals surface area contributed by atoms with E-state index in [1.165, 1.54) is 31.4 Å². The maximum absolute atomic E-state index is 12.2. The quantitative estimate of drug-likeness (QED) is 0.866. The van der Waals surface area contributed by atoms with Gasteiger partial charge in [-0.1, -0.05) is 6.07 Å². The van der Waals surface area contributed by atoms with Gasteiger partial charge in [0, 0.05) is 0 Å². The van der Waals surface area contributed by atoms with E-state index in [1.54, 1.807) is 0 Å². The predicted octanol–water partition coefficient (Wildman–Crippen LogP) is 2.62. The third-order valence-corrected chi connectivity index (χ3v) is 3.15. The van der Waals surface area contributed by atoms with Crippen molar-refractivity contribution in [3.05, 3.63) is 28.7 Å². The number of thioether (sulfide) groups is 1. The monoisotopic (exact) mass is 301 g/mol. The van der Waals surface area contributed by atoms with E-state index in [4.69, 9.17) is 4.74 Å². The Kier molecular flexibility index (Phi) is 4.23. The van der Waals surface area contributed by atoms with E-state index >= 15 is 0 Å². The number of amides is 2. The zero-order valence-electron chi connectivity index (χ0n) is 10.2. The normalized spacial score (nSPS) is 16.7. The van der Waals surface area contributed by atoms with Gasteiger partial charge in [0.2, 0.25) is 0 Å². The van der Waals surface area contributed by atoms with Crippen LogP contribution in [0.3, 0.4) is 0 Å². The van der Waals surface area contributed by atoms with Gasteiger partial charge >= 0.3 is 6.61 Å². The molecule has 1 heterocycles. The predicted molar refractivity (Wildman–Crippen MR) is 68.7 cm³/mol. The average Bonchev–Trinajstić information content (AvgIpc) is 2.69. The molecule has 0 atom stereocenters. The van der Waals surface area contributed by atoms with Crippen molar-refractivity contribution < 1.29 is 27.8 Å². The molecule has 1 N–H and O–H groups in total. The summed E-state index contributed by atoms with van der Waals surface area (Å²) in [4.78, 5) is 22.6. The highest BCUT2D eigenvalue weighted by atomic mass is 32.2. The minimum absolute atomic E-state index is 0.106. The highest BCUT2D eigenvalue weighted by Gasteiger charge is 2.25. The molecule has 0 aliphatic carbocycles. The molecule has 0 radical (unpaired) electrons. The second-order valence-corrected chi connectivity index (χ2v) is 4.66. The lowest BCUT2D eigenvalue weighted by Gasteiger charge is -2.10. The number of alkyl halides is 2. The average molecular weight is 301 g/mol. The second kappa shape index (κ2) is 5.91. The molecule has 0 spiro atoms. The standard InChI is InChI=1S/C12H9F2NO4S/c1-18-8-4-6(2-3-7(8)19-11(13)14)5-9-10(16)15-12(17)20-9/h2-5,11H,1H3,(H,15,16,17)/b9-5+. The van der Waals surface area contributed by atoms with Gasteiger partial charge in [-0.3, -0.25) is 14.9 Å². The smallest absolute Gasteiger partial charge is 0.387 e. The minimum Gasteiger partial charge on any atom is -0.493 e. The summed E-state index contributed by atoms with van der Waals surface area (Å²) in [5, 5.41) is 1.66. The topological polar surface area (TPSA) is 64.6 Å². The lowest BCUT2D eigenvalue weighted by atomic mass is 10.2. The maximum atomic E-state index is 12.2. The van der Waals surface area contributed by atoms with Crippen LogP contribution in [0.5, 0.6) is 11.5 Å². The van der Waals surface area contributed by atoms with Crippen molar-refractivity contribution in [2.45, 2.75) is 6.61 Å². The van der Waals surface area contributed by atoms with E-state index < -0.39 is 17.8 Å². The van der Waals surface area contributed by atoms with Crippen molar-refractivity contribution in [1.82, 2.24) is 5.32 Å². The van der Waals surface area contributed by atoms with Gasteiger partial charge in [-0.05, 0) is 35.5 Å². The first-order valence-electron chi connectivity index (χ1n) is 5.37. The van der Waals surface area contributed by atoms with E-state index in [1.807, 2.05) is 0 Å². The molecule has 1 saturated heterocycles. The lowest BCUT2D eigenvalue weighted by Crippen LogP contribution is -2.17. The summed E-state index contributed by atoms with van der Waals surface area (Å²) in [5.41, 5.74) is 0.524. The molecular weight excluding hydrogens is 292 g/mol. The van der Waals surface area contributed by atoms with Crippen LogP contribution < -0.4 is 14.8 Å². The van der Waals surface area contributed by atoms with Gasteiger partial charge < -0.3 is 9.47 Å². The van der Waals surface area contributed by atoms with Crippen LogP contribution in [0, 0.1) is 0 Å². The van der Waals surface area contributed by atoms with Crippen LogP contribution in [0.25, 0.3) is 6.08 Å². The largest absolute Gasteiger partial charge is 0.493 e. The lowest BCUT2D eigenvalue weighted by molar-refractivity contribution is -0.115. The molecular formula is C12H9F2NO4S. The van der Waals surface area contributed by atoms with Gasteiger partial charge in [-0.25, -0.2) is 0 Å². The fraction of sp³-hybridized carbons (Fsp3) is 0.167. The van der Waals surface area contributed by atoms with E-state index in [-0.39, 0.29) is 16.4 Å². The highest BCUT2D eigenvalue weighted by molar-refractivity contribution is 8.18. The minimum atomic E-state index is -2.96. The van der Waals surface area contributed by atoms with E-state index in [0.29, 0.717) is 5.56 Å². The first kappa shape index (κ1) is 14.3. The van der Waals surface area contributed by atoms with Gasteiger partial charge in [0.25, 0.3) is 11.1 Å². The summed E-state index contributed by atoms with van der Waals surface area (Å²) in [5.74, 6) is -0.495. The first-order chi connectivity index (χ1) is 9.49. The number of hydrogen-bond donors (Lipinski definition) is 1. The zero-order chi connectivity index (χ0) is 14.7. The number of ether oxygens (including phenoxy) is 2. The van der Waals surface area contributed by atoms with Crippen LogP contribution >= 0.6 is 11.8 Å². The summed E-state index contributed by atoms with van der Waals surface area (Å²) in [6.45, 7) is -2.96. The Balaban J connectivity index is 2.28. The van der Waals surface area contributed by atoms with Crippen molar-refractivity contribution in [3.63, 3.8) is 0 Å². The molecule has 5 nitrogen and oxygen atoms in total. The molecule has 1 fully saturated rings. The van der Waals surface area contributed by atoms with Crippen LogP contribution in [0.4, 0.5) is 13.6 Å². The molecule has 0 bridgehead atoms. The van der Waals surface area contributed by atoms with E-state index in [0.717, 1.165) is 11.8 Å². The number of imide groups is 1. The van der Waals surface area contributed by atoms with Gasteiger partial charge in [0.1, 0.15) is 0 Å². The molecule has 8 heteroatoms. The molecule has 0 saturated carbocycles. The summed E-state index contributed by atoms with van der Waals surface area (Å²) in [6.07, 6.45) is 1.46. The van der Waals surface area contributed by atoms with Crippen LogP contribution in [-0.4, -0.2) is 24.9 Å². The highest BCUT2D eigenvalue weighted by Crippen LogP contribution is 2.32. The van der Waals surface area contributed by atoms with Gasteiger partial charge in [0.15, 0.2) is 11.5 Å². The second-order valence-electron chi connectivity index (χ2n) is 3.64. The van der Waals surface area contributed by atoms with Crippen molar-refractivity contribution in [2.24, 2.45) is 0 Å². The Morgan fingerprint density at radius 2 is 2.05 bits per heavy atom. The van der Waals surface area contributed by atoms with Crippen molar-refractivity contribution in [3.8, 4) is 11.5 Å². The molecule has 1 aromatic carbocycles. The van der Waals surface area contributed by atoms with Gasteiger partial charge in [-0.2, -0.15) is 8.78 Å². The third kappa shape index (κ3) is 3.27. The molecule has 2 amide bonds. The van der Waals surface area contributed by atoms with Crippen molar-refractivity contribution in [1.29, 1.82) is 0 Å². The van der Waals surface area contributed by atoms with E-state index in [9.17, 15) is 18.4 Å². The molecule has 1 aromatic rings. The SMILES string of the molecule is COc1cc(/C=C2/SC(=O)NC2=O)ccc1OC(F)F. The number of carbonyl (C=O) groups excluding carboxylic acids is 2. The van der Waals surface area contributed by atoms with Crippen LogP contribution in [-0.2, 0) is 4.79 Å². The summed E-state index contributed by atoms with van der Waals surface area (Å²) < 4.78 is 33.6. The number of halogens is 2. The Labute approximate surface area is 116 Å². The van der Waals surface area contributed by atoms with E-state index in [2.05, 4.69) is 10.1 Å². The number of benzene rings is 1. The number of methoxy groups -OCH3 is 1. The first-order valence-corrected chi connectivity index (χ1v) is 6.19. The molecule has 106 valence electrons. The number of carbonyl (C=O) groups is 2. The number of nitrogens with one attached hydrogen (secondary N) is 1. The molecule has 0 unspecified atom stereocenters. The zero-order valence-corrected chi connectivity index (χ0v) is 11.0. The molecule has 0 aromatic heterocycles. The van der Waals surface area contributed by atoms with Crippen LogP contribution in [0.2, 0.25) is 0 Å². The Morgan fingerprint density at radius 1 is 1.30 bits per heavy atom. The molecule has 20 heavy (non-hydrogen) atoms. The van der Waals surface area contributed by atoms with Crippen molar-refractivity contribution >= 4 is 29.0 Å². The van der Waals surface area contributed by atoms with Crippen LogP contribution in [0.15, 0.2) is 23.1 Å². The summed E-state index contributed by atoms with van der Waals surface area (Å²) >= 11 is 0.766. The Bertz CT molecular complexity index is 589. The Hall–Kier alpha value is -2.09. The molecule has 2 rings (SSSR count). The third-order valence-electron chi connectivity index (χ3n) is 2.34. The summed E-state index contributed by atoms with van der Waals surface area (Å²) in [7, 11) is 1.31. The molecule has 1 aliphatic heterocycles. The van der Waals surface area contributed by atoms with Gasteiger partial charge in [-0.15, -0.1) is 0 Å².